The average Bonchev–Trinajstić information content (AvgIpc) is 3.00. The first-order valence-corrected chi connectivity index (χ1v) is 8.66. The van der Waals surface area contributed by atoms with Gasteiger partial charge < -0.3 is 10.5 Å². The molecule has 1 aliphatic carbocycles. The summed E-state index contributed by atoms with van der Waals surface area (Å²) in [7, 11) is 0. The zero-order valence-corrected chi connectivity index (χ0v) is 15.2. The van der Waals surface area contributed by atoms with E-state index in [9.17, 15) is 10.1 Å². The fourth-order valence-corrected chi connectivity index (χ4v) is 3.67. The summed E-state index contributed by atoms with van der Waals surface area (Å²) in [6, 6.07) is 4.18. The number of ketones is 1. The molecule has 1 aromatic rings. The molecule has 2 aliphatic rings. The molecule has 0 aromatic carbocycles. The molecule has 25 heavy (non-hydrogen) atoms. The van der Waals surface area contributed by atoms with Gasteiger partial charge in [-0.2, -0.15) is 10.4 Å². The molecule has 1 aliphatic heterocycles. The van der Waals surface area contributed by atoms with Gasteiger partial charge in [0, 0.05) is 30.7 Å². The van der Waals surface area contributed by atoms with E-state index in [1.807, 2.05) is 24.6 Å². The van der Waals surface area contributed by atoms with Crippen LogP contribution in [0.4, 0.5) is 0 Å². The molecule has 0 fully saturated rings. The normalized spacial score (nSPS) is 23.8. The molecule has 0 saturated heterocycles. The maximum atomic E-state index is 12.9. The van der Waals surface area contributed by atoms with Gasteiger partial charge in [0.05, 0.1) is 11.6 Å². The minimum atomic E-state index is -0.506. The van der Waals surface area contributed by atoms with Gasteiger partial charge in [0.25, 0.3) is 0 Å². The third kappa shape index (κ3) is 2.84. The van der Waals surface area contributed by atoms with Gasteiger partial charge in [-0.1, -0.05) is 20.8 Å². The number of carbonyl (C=O) groups is 1. The summed E-state index contributed by atoms with van der Waals surface area (Å²) < 4.78 is 7.61. The molecule has 2 N–H and O–H groups in total. The van der Waals surface area contributed by atoms with Crippen molar-refractivity contribution in [1.29, 1.82) is 5.26 Å². The molecule has 2 atom stereocenters. The van der Waals surface area contributed by atoms with Crippen molar-refractivity contribution in [1.82, 2.24) is 9.78 Å². The van der Waals surface area contributed by atoms with Crippen molar-refractivity contribution >= 4 is 5.78 Å². The number of nitriles is 1. The molecule has 132 valence electrons. The lowest BCUT2D eigenvalue weighted by Gasteiger charge is -2.37. The minimum absolute atomic E-state index is 0.0217. The molecule has 0 bridgehead atoms. The van der Waals surface area contributed by atoms with Crippen LogP contribution in [0.25, 0.3) is 0 Å². The third-order valence-corrected chi connectivity index (χ3v) is 5.08. The number of ether oxygens (including phenoxy) is 1. The molecule has 6 heteroatoms. The van der Waals surface area contributed by atoms with Crippen LogP contribution in [-0.2, 0) is 9.53 Å². The van der Waals surface area contributed by atoms with Crippen LogP contribution in [0.2, 0.25) is 0 Å². The molecule has 0 spiro atoms. The number of rotatable bonds is 3. The van der Waals surface area contributed by atoms with Crippen LogP contribution in [0.5, 0.6) is 0 Å². The van der Waals surface area contributed by atoms with Gasteiger partial charge in [-0.25, -0.2) is 0 Å². The second kappa shape index (κ2) is 6.07. The number of hydrogen-bond donors (Lipinski definition) is 1. The fraction of sp³-hybridized carbons (Fsp3) is 0.526. The van der Waals surface area contributed by atoms with E-state index in [-0.39, 0.29) is 28.7 Å². The number of Topliss-reactive ketones (excluding diaryl/α,β-unsaturated/α-hetero) is 1. The minimum Gasteiger partial charge on any atom is -0.444 e. The topological polar surface area (TPSA) is 93.9 Å². The summed E-state index contributed by atoms with van der Waals surface area (Å²) in [5.41, 5.74) is 7.54. The van der Waals surface area contributed by atoms with Crippen LogP contribution >= 0.6 is 0 Å². The monoisotopic (exact) mass is 340 g/mol. The van der Waals surface area contributed by atoms with Crippen molar-refractivity contribution in [3.05, 3.63) is 40.7 Å². The molecule has 0 saturated carbocycles. The summed E-state index contributed by atoms with van der Waals surface area (Å²) in [5.74, 6) is 0.204. The smallest absolute Gasteiger partial charge is 0.205 e. The Balaban J connectivity index is 2.19. The SMILES string of the molecule is CC[C@H](C)n1nccc1[C@@H]1C(C#N)=C(N)OC2=C1C(=O)CC(C)(C)C2. The van der Waals surface area contributed by atoms with Gasteiger partial charge in [0.1, 0.15) is 17.4 Å². The standard InChI is InChI=1S/C19H24N4O2/c1-5-11(2)23-13(6-7-22-23)16-12(10-20)18(21)25-15-9-19(3,4)8-14(24)17(15)16/h6-7,11,16H,5,8-9,21H2,1-4H3/t11-,16-/m0/s1. The molecular formula is C19H24N4O2. The first-order valence-electron chi connectivity index (χ1n) is 8.66. The highest BCUT2D eigenvalue weighted by Crippen LogP contribution is 2.48. The highest BCUT2D eigenvalue weighted by atomic mass is 16.5. The lowest BCUT2D eigenvalue weighted by molar-refractivity contribution is -0.119. The predicted octanol–water partition coefficient (Wildman–Crippen LogP) is 3.30. The number of allylic oxidation sites excluding steroid dienone is 3. The number of hydrogen-bond acceptors (Lipinski definition) is 5. The number of aromatic nitrogens is 2. The van der Waals surface area contributed by atoms with Gasteiger partial charge in [0.2, 0.25) is 5.88 Å². The first-order chi connectivity index (χ1) is 11.8. The van der Waals surface area contributed by atoms with Crippen LogP contribution in [0.15, 0.2) is 35.1 Å². The molecule has 0 unspecified atom stereocenters. The maximum absolute atomic E-state index is 12.9. The van der Waals surface area contributed by atoms with Gasteiger partial charge in [-0.15, -0.1) is 0 Å². The first kappa shape index (κ1) is 17.3. The maximum Gasteiger partial charge on any atom is 0.205 e. The van der Waals surface area contributed by atoms with Crippen LogP contribution in [-0.4, -0.2) is 15.6 Å². The highest BCUT2D eigenvalue weighted by Gasteiger charge is 2.44. The van der Waals surface area contributed by atoms with Crippen LogP contribution < -0.4 is 5.73 Å². The zero-order valence-electron chi connectivity index (χ0n) is 15.2. The van der Waals surface area contributed by atoms with Crippen molar-refractivity contribution in [3.63, 3.8) is 0 Å². The van der Waals surface area contributed by atoms with Crippen LogP contribution in [0, 0.1) is 16.7 Å². The molecule has 0 amide bonds. The molecular weight excluding hydrogens is 316 g/mol. The Hall–Kier alpha value is -2.55. The Morgan fingerprint density at radius 2 is 2.24 bits per heavy atom. The lowest BCUT2D eigenvalue weighted by atomic mass is 9.71. The third-order valence-electron chi connectivity index (χ3n) is 5.08. The Morgan fingerprint density at radius 3 is 2.88 bits per heavy atom. The van der Waals surface area contributed by atoms with Gasteiger partial charge >= 0.3 is 0 Å². The van der Waals surface area contributed by atoms with E-state index < -0.39 is 5.92 Å². The van der Waals surface area contributed by atoms with Crippen molar-refractivity contribution in [2.45, 2.75) is 58.9 Å². The van der Waals surface area contributed by atoms with Crippen molar-refractivity contribution in [3.8, 4) is 6.07 Å². The van der Waals surface area contributed by atoms with Gasteiger partial charge in [0.15, 0.2) is 5.78 Å². The van der Waals surface area contributed by atoms with E-state index in [0.29, 0.717) is 24.2 Å². The lowest BCUT2D eigenvalue weighted by Crippen LogP contribution is -2.34. The van der Waals surface area contributed by atoms with Crippen molar-refractivity contribution in [2.75, 3.05) is 0 Å². The zero-order chi connectivity index (χ0) is 18.4. The van der Waals surface area contributed by atoms with Gasteiger partial charge in [-0.05, 0) is 24.8 Å². The number of carbonyl (C=O) groups excluding carboxylic acids is 1. The Labute approximate surface area is 147 Å². The summed E-state index contributed by atoms with van der Waals surface area (Å²) >= 11 is 0. The van der Waals surface area contributed by atoms with Crippen LogP contribution in [0.1, 0.15) is 64.6 Å². The van der Waals surface area contributed by atoms with E-state index >= 15 is 0 Å². The molecule has 1 aromatic heterocycles. The highest BCUT2D eigenvalue weighted by molar-refractivity contribution is 5.99. The molecule has 6 nitrogen and oxygen atoms in total. The van der Waals surface area contributed by atoms with Crippen molar-refractivity contribution < 1.29 is 9.53 Å². The summed E-state index contributed by atoms with van der Waals surface area (Å²) in [5, 5.41) is 14.1. The second-order valence-corrected chi connectivity index (χ2v) is 7.66. The van der Waals surface area contributed by atoms with E-state index in [4.69, 9.17) is 10.5 Å². The van der Waals surface area contributed by atoms with E-state index in [2.05, 4.69) is 25.0 Å². The Kier molecular flexibility index (Phi) is 4.19. The van der Waals surface area contributed by atoms with E-state index in [1.165, 1.54) is 0 Å². The predicted molar refractivity (Wildman–Crippen MR) is 92.9 cm³/mol. The number of nitrogens with two attached hydrogens (primary N) is 1. The second-order valence-electron chi connectivity index (χ2n) is 7.66. The summed E-state index contributed by atoms with van der Waals surface area (Å²) in [4.78, 5) is 12.9. The quantitative estimate of drug-likeness (QED) is 0.911. The van der Waals surface area contributed by atoms with Crippen molar-refractivity contribution in [2.24, 2.45) is 11.1 Å². The molecule has 3 rings (SSSR count). The fourth-order valence-electron chi connectivity index (χ4n) is 3.67. The Bertz CT molecular complexity index is 823. The van der Waals surface area contributed by atoms with E-state index in [0.717, 1.165) is 12.1 Å². The Morgan fingerprint density at radius 1 is 1.52 bits per heavy atom. The molecule has 0 radical (unpaired) electrons. The van der Waals surface area contributed by atoms with Crippen LogP contribution in [0.3, 0.4) is 0 Å². The largest absolute Gasteiger partial charge is 0.444 e. The van der Waals surface area contributed by atoms with E-state index in [1.54, 1.807) is 6.20 Å². The summed E-state index contributed by atoms with van der Waals surface area (Å²) in [6.07, 6.45) is 3.66. The summed E-state index contributed by atoms with van der Waals surface area (Å²) in [6.45, 7) is 8.22. The average molecular weight is 340 g/mol. The molecule has 2 heterocycles. The number of nitrogens with zero attached hydrogens (tertiary/aromatic N) is 3. The van der Waals surface area contributed by atoms with Gasteiger partial charge in [-0.3, -0.25) is 9.48 Å².